The van der Waals surface area contributed by atoms with Crippen molar-refractivity contribution in [3.63, 3.8) is 0 Å². The lowest BCUT2D eigenvalue weighted by molar-refractivity contribution is -0.287. The van der Waals surface area contributed by atoms with Crippen molar-refractivity contribution in [2.45, 2.75) is 48.7 Å². The minimum absolute atomic E-state index is 0.0526. The maximum absolute atomic E-state index is 13.7. The van der Waals surface area contributed by atoms with Crippen molar-refractivity contribution in [1.29, 1.82) is 5.26 Å². The van der Waals surface area contributed by atoms with Crippen LogP contribution >= 0.6 is 11.3 Å². The zero-order valence-electron chi connectivity index (χ0n) is 16.8. The molecular weight excluding hydrogens is 493 g/mol. The minimum Gasteiger partial charge on any atom is -0.478 e. The van der Waals surface area contributed by atoms with Gasteiger partial charge < -0.3 is 10.4 Å². The smallest absolute Gasteiger partial charge is 0.458 e. The summed E-state index contributed by atoms with van der Waals surface area (Å²) in [5.41, 5.74) is -1.23. The van der Waals surface area contributed by atoms with Gasteiger partial charge in [0.25, 0.3) is 0 Å². The van der Waals surface area contributed by atoms with E-state index in [-0.39, 0.29) is 38.7 Å². The number of carbonyl (C=O) groups is 1. The van der Waals surface area contributed by atoms with Crippen molar-refractivity contribution in [2.75, 3.05) is 11.1 Å². The average Bonchev–Trinajstić information content (AvgIpc) is 3.42. The molecule has 2 aromatic rings. The maximum Gasteiger partial charge on any atom is 0.458 e. The van der Waals surface area contributed by atoms with Gasteiger partial charge in [-0.05, 0) is 30.5 Å². The number of nitriles is 1. The Bertz CT molecular complexity index is 1250. The summed E-state index contributed by atoms with van der Waals surface area (Å²) in [5.74, 6) is -7.54. The third kappa shape index (κ3) is 4.51. The Morgan fingerprint density at radius 3 is 2.42 bits per heavy atom. The summed E-state index contributed by atoms with van der Waals surface area (Å²) >= 11 is -0.0526. The molecule has 0 aromatic carbocycles. The summed E-state index contributed by atoms with van der Waals surface area (Å²) in [6.45, 7) is 0.804. The first kappa shape index (κ1) is 24.8. The highest BCUT2D eigenvalue weighted by Crippen LogP contribution is 2.49. The quantitative estimate of drug-likeness (QED) is 0.504. The molecule has 0 bridgehead atoms. The van der Waals surface area contributed by atoms with Gasteiger partial charge in [0, 0.05) is 11.1 Å². The molecule has 0 atom stereocenters. The minimum atomic E-state index is -5.92. The topological polar surface area (TPSA) is 120 Å². The Balaban J connectivity index is 1.99. The predicted octanol–water partition coefficient (Wildman–Crippen LogP) is 4.46. The molecule has 3 rings (SSSR count). The fourth-order valence-electron chi connectivity index (χ4n) is 3.02. The van der Waals surface area contributed by atoms with E-state index in [1.165, 1.54) is 19.2 Å². The molecule has 2 aromatic heterocycles. The molecule has 0 spiro atoms. The number of alkyl halides is 5. The number of halogens is 5. The lowest BCUT2D eigenvalue weighted by Crippen LogP contribution is -2.32. The fraction of sp³-hybridized carbons (Fsp3) is 0.421. The van der Waals surface area contributed by atoms with Crippen LogP contribution in [0.1, 0.15) is 45.4 Å². The molecule has 1 aliphatic carbocycles. The van der Waals surface area contributed by atoms with Gasteiger partial charge in [-0.1, -0.05) is 6.92 Å². The lowest BCUT2D eigenvalue weighted by Gasteiger charge is -2.17. The number of aromatic carboxylic acids is 1. The molecule has 14 heteroatoms. The molecule has 0 amide bonds. The summed E-state index contributed by atoms with van der Waals surface area (Å²) in [5, 5.41) is 21.1. The number of nitrogens with zero attached hydrogens (tertiary/aromatic N) is 2. The molecule has 0 aliphatic heterocycles. The van der Waals surface area contributed by atoms with E-state index in [0.29, 0.717) is 18.4 Å². The Labute approximate surface area is 188 Å². The number of aromatic nitrogens is 1. The van der Waals surface area contributed by atoms with E-state index in [9.17, 15) is 45.5 Å². The molecule has 7 nitrogen and oxygen atoms in total. The van der Waals surface area contributed by atoms with Crippen LogP contribution in [-0.4, -0.2) is 36.4 Å². The molecule has 0 saturated heterocycles. The number of carboxylic acid groups (broad SMARTS) is 1. The number of nitrogens with one attached hydrogen (secondary N) is 1. The largest absolute Gasteiger partial charge is 0.478 e. The number of rotatable bonds is 8. The van der Waals surface area contributed by atoms with Crippen molar-refractivity contribution in [1.82, 2.24) is 4.98 Å². The first-order valence-corrected chi connectivity index (χ1v) is 11.8. The van der Waals surface area contributed by atoms with E-state index >= 15 is 0 Å². The zero-order valence-corrected chi connectivity index (χ0v) is 18.5. The van der Waals surface area contributed by atoms with Gasteiger partial charge in [-0.25, -0.2) is 18.2 Å². The monoisotopic (exact) mass is 509 g/mol. The molecule has 2 heterocycles. The Morgan fingerprint density at radius 2 is 1.94 bits per heavy atom. The highest BCUT2D eigenvalue weighted by atomic mass is 32.2. The molecule has 0 radical (unpaired) electrons. The number of sulfone groups is 1. The van der Waals surface area contributed by atoms with E-state index in [0.717, 1.165) is 0 Å². The van der Waals surface area contributed by atoms with Crippen LogP contribution in [0.5, 0.6) is 0 Å². The molecule has 0 unspecified atom stereocenters. The Hall–Kier alpha value is -2.79. The number of carboxylic acids is 1. The highest BCUT2D eigenvalue weighted by molar-refractivity contribution is 7.91. The first-order chi connectivity index (χ1) is 15.2. The van der Waals surface area contributed by atoms with Crippen LogP contribution in [0, 0.1) is 11.3 Å². The summed E-state index contributed by atoms with van der Waals surface area (Å²) in [4.78, 5) is 13.3. The molecule has 33 heavy (non-hydrogen) atoms. The van der Waals surface area contributed by atoms with Crippen molar-refractivity contribution in [2.24, 2.45) is 0 Å². The van der Waals surface area contributed by atoms with Gasteiger partial charge in [-0.15, -0.1) is 11.3 Å². The highest BCUT2D eigenvalue weighted by Gasteiger charge is 2.60. The second kappa shape index (κ2) is 8.21. The van der Waals surface area contributed by atoms with Crippen molar-refractivity contribution < 1.29 is 40.3 Å². The standard InChI is InChI=1S/C19H16F5N3O4S2/c1-2-33(30,31)13-5-10(17(9-25)3-4-17)7-26-15(13)27-8-12-11(16(28)29)6-14(32-12)18(20,21)19(22,23)24/h5-7H,2-4,8H2,1H3,(H,26,27)(H,28,29). The SMILES string of the molecule is CCS(=O)(=O)c1cc(C2(C#N)CC2)cnc1NCc1sc(C(F)(F)C(F)(F)F)cc1C(=O)O. The molecule has 1 saturated carbocycles. The van der Waals surface area contributed by atoms with Crippen molar-refractivity contribution in [3.8, 4) is 6.07 Å². The second-order valence-electron chi connectivity index (χ2n) is 7.35. The third-order valence-electron chi connectivity index (χ3n) is 5.21. The molecule has 2 N–H and O–H groups in total. The summed E-state index contributed by atoms with van der Waals surface area (Å²) in [7, 11) is -3.88. The van der Waals surface area contributed by atoms with Crippen LogP contribution in [0.3, 0.4) is 0 Å². The van der Waals surface area contributed by atoms with E-state index in [2.05, 4.69) is 16.4 Å². The number of pyridine rings is 1. The van der Waals surface area contributed by atoms with Gasteiger partial charge in [-0.3, -0.25) is 0 Å². The van der Waals surface area contributed by atoms with E-state index in [4.69, 9.17) is 0 Å². The Kier molecular flexibility index (Phi) is 6.18. The fourth-order valence-corrected chi connectivity index (χ4v) is 5.14. The van der Waals surface area contributed by atoms with Gasteiger partial charge in [0.15, 0.2) is 9.84 Å². The van der Waals surface area contributed by atoms with Crippen molar-refractivity contribution in [3.05, 3.63) is 39.2 Å². The summed E-state index contributed by atoms with van der Waals surface area (Å²) in [6.07, 6.45) is -3.59. The average molecular weight is 509 g/mol. The van der Waals surface area contributed by atoms with Crippen LogP contribution in [0.4, 0.5) is 27.8 Å². The predicted molar refractivity (Wildman–Crippen MR) is 107 cm³/mol. The van der Waals surface area contributed by atoms with Gasteiger partial charge in [0.05, 0.1) is 34.2 Å². The molecule has 1 aliphatic rings. The number of anilines is 1. The first-order valence-electron chi connectivity index (χ1n) is 9.38. The van der Waals surface area contributed by atoms with E-state index in [1.54, 1.807) is 0 Å². The van der Waals surface area contributed by atoms with Gasteiger partial charge in [0.2, 0.25) is 0 Å². The lowest BCUT2D eigenvalue weighted by atomic mass is 10.00. The molecule has 1 fully saturated rings. The van der Waals surface area contributed by atoms with Crippen LogP contribution in [-0.2, 0) is 27.7 Å². The normalized spacial score (nSPS) is 15.7. The maximum atomic E-state index is 13.7. The second-order valence-corrected chi connectivity index (χ2v) is 10.7. The molecular formula is C19H16F5N3O4S2. The number of hydrogen-bond donors (Lipinski definition) is 2. The van der Waals surface area contributed by atoms with E-state index in [1.807, 2.05) is 0 Å². The van der Waals surface area contributed by atoms with Crippen LogP contribution in [0.2, 0.25) is 0 Å². The Morgan fingerprint density at radius 1 is 1.30 bits per heavy atom. The number of hydrogen-bond acceptors (Lipinski definition) is 7. The van der Waals surface area contributed by atoms with Gasteiger partial charge >= 0.3 is 18.1 Å². The van der Waals surface area contributed by atoms with Crippen LogP contribution in [0.15, 0.2) is 23.2 Å². The van der Waals surface area contributed by atoms with Crippen LogP contribution in [0.25, 0.3) is 0 Å². The van der Waals surface area contributed by atoms with E-state index < -0.39 is 50.3 Å². The zero-order chi connectivity index (χ0) is 24.8. The number of thiophene rings is 1. The summed E-state index contributed by atoms with van der Waals surface area (Å²) < 4.78 is 90.6. The van der Waals surface area contributed by atoms with Crippen molar-refractivity contribution >= 4 is 33.0 Å². The van der Waals surface area contributed by atoms with Crippen LogP contribution < -0.4 is 5.32 Å². The summed E-state index contributed by atoms with van der Waals surface area (Å²) in [6, 6.07) is 3.64. The van der Waals surface area contributed by atoms with Gasteiger partial charge in [0.1, 0.15) is 10.7 Å². The third-order valence-corrected chi connectivity index (χ3v) is 8.15. The van der Waals surface area contributed by atoms with Gasteiger partial charge in [-0.2, -0.15) is 27.2 Å². The molecule has 178 valence electrons.